The normalized spacial score (nSPS) is 26.7. The van der Waals surface area contributed by atoms with E-state index in [0.29, 0.717) is 6.54 Å². The standard InChI is InChI=1S/C17H20FNO3S/c1-22-16(20)8-13-10-23-7-6-19(13)17(21)15-9-14(15)11-2-4-12(18)5-3-11/h2-5,13-15H,6-10H2,1H3. The van der Waals surface area contributed by atoms with E-state index < -0.39 is 0 Å². The predicted molar refractivity (Wildman–Crippen MR) is 86.7 cm³/mol. The average molecular weight is 337 g/mol. The maximum absolute atomic E-state index is 13.0. The number of halogens is 1. The van der Waals surface area contributed by atoms with Crippen molar-refractivity contribution in [1.29, 1.82) is 0 Å². The summed E-state index contributed by atoms with van der Waals surface area (Å²) < 4.78 is 17.7. The van der Waals surface area contributed by atoms with Gasteiger partial charge in [0.25, 0.3) is 0 Å². The van der Waals surface area contributed by atoms with Crippen LogP contribution in [0.2, 0.25) is 0 Å². The maximum Gasteiger partial charge on any atom is 0.307 e. The Bertz CT molecular complexity index is 592. The molecule has 0 bridgehead atoms. The van der Waals surface area contributed by atoms with Gasteiger partial charge in [-0.1, -0.05) is 12.1 Å². The summed E-state index contributed by atoms with van der Waals surface area (Å²) in [5, 5.41) is 0. The number of methoxy groups -OCH3 is 1. The van der Waals surface area contributed by atoms with E-state index in [0.717, 1.165) is 23.5 Å². The number of hydrogen-bond donors (Lipinski definition) is 0. The van der Waals surface area contributed by atoms with Crippen molar-refractivity contribution in [3.63, 3.8) is 0 Å². The van der Waals surface area contributed by atoms with Crippen LogP contribution in [0.4, 0.5) is 4.39 Å². The molecule has 0 aromatic heterocycles. The van der Waals surface area contributed by atoms with Crippen LogP contribution < -0.4 is 0 Å². The molecule has 0 radical (unpaired) electrons. The van der Waals surface area contributed by atoms with Gasteiger partial charge in [0.15, 0.2) is 0 Å². The van der Waals surface area contributed by atoms with Gasteiger partial charge in [0.05, 0.1) is 19.6 Å². The molecular formula is C17H20FNO3S. The molecule has 2 aliphatic rings. The minimum atomic E-state index is -0.277. The molecule has 124 valence electrons. The zero-order valence-corrected chi connectivity index (χ0v) is 13.9. The van der Waals surface area contributed by atoms with Crippen molar-refractivity contribution in [3.05, 3.63) is 35.6 Å². The minimum Gasteiger partial charge on any atom is -0.469 e. The summed E-state index contributed by atoms with van der Waals surface area (Å²) in [7, 11) is 1.37. The van der Waals surface area contributed by atoms with E-state index in [1.807, 2.05) is 4.90 Å². The van der Waals surface area contributed by atoms with Crippen LogP contribution in [-0.4, -0.2) is 48.0 Å². The van der Waals surface area contributed by atoms with Crippen molar-refractivity contribution >= 4 is 23.6 Å². The fourth-order valence-corrected chi connectivity index (χ4v) is 4.21. The number of rotatable bonds is 4. The molecule has 1 aliphatic heterocycles. The Balaban J connectivity index is 1.64. The number of esters is 1. The lowest BCUT2D eigenvalue weighted by Gasteiger charge is -2.35. The van der Waals surface area contributed by atoms with E-state index in [2.05, 4.69) is 0 Å². The van der Waals surface area contributed by atoms with E-state index in [1.54, 1.807) is 23.9 Å². The molecule has 2 fully saturated rings. The number of nitrogens with zero attached hydrogens (tertiary/aromatic N) is 1. The molecule has 1 saturated heterocycles. The van der Waals surface area contributed by atoms with Crippen LogP contribution in [0.5, 0.6) is 0 Å². The lowest BCUT2D eigenvalue weighted by atomic mass is 10.1. The summed E-state index contributed by atoms with van der Waals surface area (Å²) in [4.78, 5) is 26.2. The van der Waals surface area contributed by atoms with E-state index in [4.69, 9.17) is 4.74 Å². The molecule has 1 aromatic rings. The second kappa shape index (κ2) is 6.91. The summed E-state index contributed by atoms with van der Waals surface area (Å²) in [6.45, 7) is 0.678. The molecule has 4 nitrogen and oxygen atoms in total. The molecule has 23 heavy (non-hydrogen) atoms. The van der Waals surface area contributed by atoms with Crippen LogP contribution in [0.15, 0.2) is 24.3 Å². The van der Waals surface area contributed by atoms with E-state index in [1.165, 1.54) is 19.2 Å². The fraction of sp³-hybridized carbons (Fsp3) is 0.529. The Morgan fingerprint density at radius 2 is 2.09 bits per heavy atom. The molecule has 1 aliphatic carbocycles. The number of benzene rings is 1. The molecule has 1 heterocycles. The van der Waals surface area contributed by atoms with E-state index in [-0.39, 0.29) is 42.0 Å². The number of hydrogen-bond acceptors (Lipinski definition) is 4. The fourth-order valence-electron chi connectivity index (χ4n) is 3.15. The summed E-state index contributed by atoms with van der Waals surface area (Å²) in [5.74, 6) is 1.39. The van der Waals surface area contributed by atoms with Crippen LogP contribution in [0, 0.1) is 11.7 Å². The Labute approximate surface area is 139 Å². The molecule has 1 aromatic carbocycles. The van der Waals surface area contributed by atoms with Crippen molar-refractivity contribution in [3.8, 4) is 0 Å². The number of amides is 1. The van der Waals surface area contributed by atoms with Crippen LogP contribution >= 0.6 is 11.8 Å². The largest absolute Gasteiger partial charge is 0.469 e. The van der Waals surface area contributed by atoms with Gasteiger partial charge in [0, 0.05) is 24.0 Å². The van der Waals surface area contributed by atoms with Crippen LogP contribution in [-0.2, 0) is 14.3 Å². The molecule has 1 saturated carbocycles. The average Bonchev–Trinajstić information content (AvgIpc) is 3.36. The van der Waals surface area contributed by atoms with Gasteiger partial charge in [0.2, 0.25) is 5.91 Å². The van der Waals surface area contributed by atoms with Gasteiger partial charge in [-0.3, -0.25) is 9.59 Å². The molecule has 3 unspecified atom stereocenters. The molecule has 3 rings (SSSR count). The third-order valence-corrected chi connectivity index (χ3v) is 5.64. The maximum atomic E-state index is 13.0. The van der Waals surface area contributed by atoms with Gasteiger partial charge >= 0.3 is 5.97 Å². The number of carbonyl (C=O) groups is 2. The monoisotopic (exact) mass is 337 g/mol. The molecule has 3 atom stereocenters. The van der Waals surface area contributed by atoms with Crippen molar-refractivity contribution < 1.29 is 18.7 Å². The Morgan fingerprint density at radius 3 is 2.78 bits per heavy atom. The summed E-state index contributed by atoms with van der Waals surface area (Å²) in [6, 6.07) is 6.30. The first-order valence-electron chi connectivity index (χ1n) is 7.80. The van der Waals surface area contributed by atoms with Gasteiger partial charge in [-0.2, -0.15) is 11.8 Å². The molecule has 0 N–H and O–H groups in total. The number of carbonyl (C=O) groups excluding carboxylic acids is 2. The second-order valence-electron chi connectivity index (χ2n) is 6.04. The zero-order chi connectivity index (χ0) is 16.4. The highest BCUT2D eigenvalue weighted by molar-refractivity contribution is 7.99. The first kappa shape index (κ1) is 16.3. The zero-order valence-electron chi connectivity index (χ0n) is 13.0. The number of ether oxygens (including phenoxy) is 1. The summed E-state index contributed by atoms with van der Waals surface area (Å²) in [6.07, 6.45) is 1.06. The van der Waals surface area contributed by atoms with Gasteiger partial charge in [0.1, 0.15) is 5.82 Å². The summed E-state index contributed by atoms with van der Waals surface area (Å²) >= 11 is 1.76. The van der Waals surface area contributed by atoms with Crippen molar-refractivity contribution in [2.75, 3.05) is 25.2 Å². The van der Waals surface area contributed by atoms with Crippen molar-refractivity contribution in [2.45, 2.75) is 24.8 Å². The molecule has 6 heteroatoms. The van der Waals surface area contributed by atoms with E-state index in [9.17, 15) is 14.0 Å². The SMILES string of the molecule is COC(=O)CC1CSCCN1C(=O)C1CC1c1ccc(F)cc1. The van der Waals surface area contributed by atoms with Crippen LogP contribution in [0.1, 0.15) is 24.3 Å². The van der Waals surface area contributed by atoms with Crippen LogP contribution in [0.3, 0.4) is 0 Å². The lowest BCUT2D eigenvalue weighted by Crippen LogP contribution is -2.48. The number of thioether (sulfide) groups is 1. The first-order chi connectivity index (χ1) is 11.1. The molecule has 1 amide bonds. The van der Waals surface area contributed by atoms with Crippen LogP contribution in [0.25, 0.3) is 0 Å². The van der Waals surface area contributed by atoms with E-state index >= 15 is 0 Å². The van der Waals surface area contributed by atoms with Gasteiger partial charge < -0.3 is 9.64 Å². The molecule has 0 spiro atoms. The van der Waals surface area contributed by atoms with Gasteiger partial charge in [-0.15, -0.1) is 0 Å². The topological polar surface area (TPSA) is 46.6 Å². The third kappa shape index (κ3) is 3.68. The lowest BCUT2D eigenvalue weighted by molar-refractivity contribution is -0.143. The highest BCUT2D eigenvalue weighted by Gasteiger charge is 2.47. The first-order valence-corrected chi connectivity index (χ1v) is 8.96. The Hall–Kier alpha value is -1.56. The third-order valence-electron chi connectivity index (χ3n) is 4.55. The van der Waals surface area contributed by atoms with Crippen molar-refractivity contribution in [2.24, 2.45) is 5.92 Å². The predicted octanol–water partition coefficient (Wildman–Crippen LogP) is 2.44. The minimum absolute atomic E-state index is 0.0382. The highest BCUT2D eigenvalue weighted by Crippen LogP contribution is 2.49. The van der Waals surface area contributed by atoms with Gasteiger partial charge in [-0.05, 0) is 30.0 Å². The second-order valence-corrected chi connectivity index (χ2v) is 7.19. The van der Waals surface area contributed by atoms with Gasteiger partial charge in [-0.25, -0.2) is 4.39 Å². The smallest absolute Gasteiger partial charge is 0.307 e. The Kier molecular flexibility index (Phi) is 4.90. The van der Waals surface area contributed by atoms with Crippen molar-refractivity contribution in [1.82, 2.24) is 4.90 Å². The Morgan fingerprint density at radius 1 is 1.35 bits per heavy atom. The highest BCUT2D eigenvalue weighted by atomic mass is 32.2. The summed E-state index contributed by atoms with van der Waals surface area (Å²) in [5.41, 5.74) is 1.01. The quantitative estimate of drug-likeness (QED) is 0.792. The molecular weight excluding hydrogens is 317 g/mol.